The summed E-state index contributed by atoms with van der Waals surface area (Å²) in [6.45, 7) is 1.96. The number of rotatable bonds is 8. The number of piperidine rings is 1. The van der Waals surface area contributed by atoms with Gasteiger partial charge in [-0.2, -0.15) is 0 Å². The zero-order valence-electron chi connectivity index (χ0n) is 23.8. The highest BCUT2D eigenvalue weighted by Crippen LogP contribution is 2.48. The number of pyridine rings is 1. The maximum Gasteiger partial charge on any atom is 0.337 e. The van der Waals surface area contributed by atoms with E-state index in [4.69, 9.17) is 21.3 Å². The van der Waals surface area contributed by atoms with E-state index in [0.717, 1.165) is 50.2 Å². The molecular weight excluding hydrogens is 593 g/mol. The number of para-hydroxylation sites is 1. The predicted octanol–water partition coefficient (Wildman–Crippen LogP) is 7.50. The Bertz CT molecular complexity index is 1800. The van der Waals surface area contributed by atoms with Crippen molar-refractivity contribution >= 4 is 34.6 Å². The lowest BCUT2D eigenvalue weighted by atomic mass is 9.86. The minimum atomic E-state index is -1.07. The highest BCUT2D eigenvalue weighted by molar-refractivity contribution is 6.30. The summed E-state index contributed by atoms with van der Waals surface area (Å²) >= 11 is 5.92. The molecule has 2 aromatic carbocycles. The van der Waals surface area contributed by atoms with Crippen molar-refractivity contribution in [1.29, 1.82) is 0 Å². The highest BCUT2D eigenvalue weighted by atomic mass is 35.5. The van der Waals surface area contributed by atoms with E-state index in [9.17, 15) is 18.7 Å². The number of benzene rings is 2. The SMILES string of the molecule is O=C(O)c1cnc2nc(CN3CCC(c4cccc5c4O[C@@H](c4ccc(Cl)cc4F)C=C5F)CC3)n(CC3(CF)CC3)c2c1. The average Bonchev–Trinajstić information content (AvgIpc) is 3.72. The number of hydrogen-bond donors (Lipinski definition) is 1. The third kappa shape index (κ3) is 5.34. The molecule has 44 heavy (non-hydrogen) atoms. The van der Waals surface area contributed by atoms with Crippen molar-refractivity contribution in [1.82, 2.24) is 19.4 Å². The lowest BCUT2D eigenvalue weighted by Gasteiger charge is -2.34. The van der Waals surface area contributed by atoms with Gasteiger partial charge in [-0.15, -0.1) is 0 Å². The quantitative estimate of drug-likeness (QED) is 0.219. The highest BCUT2D eigenvalue weighted by Gasteiger charge is 2.44. The zero-order valence-corrected chi connectivity index (χ0v) is 24.5. The Labute approximate surface area is 256 Å². The normalized spacial score (nSPS) is 19.8. The summed E-state index contributed by atoms with van der Waals surface area (Å²) in [5.41, 5.74) is 2.15. The molecule has 2 fully saturated rings. The van der Waals surface area contributed by atoms with Crippen molar-refractivity contribution < 1.29 is 27.8 Å². The topological polar surface area (TPSA) is 80.5 Å². The molecular formula is C33H30ClF3N4O3. The molecule has 4 heterocycles. The number of hydrogen-bond acceptors (Lipinski definition) is 5. The number of likely N-dealkylation sites (tertiary alicyclic amines) is 1. The number of carboxylic acids is 1. The summed E-state index contributed by atoms with van der Waals surface area (Å²) in [5.74, 6) is -0.815. The molecule has 11 heteroatoms. The van der Waals surface area contributed by atoms with Crippen LogP contribution in [0.5, 0.6) is 5.75 Å². The molecule has 1 N–H and O–H groups in total. The summed E-state index contributed by atoms with van der Waals surface area (Å²) in [6.07, 6.45) is 4.79. The number of imidazole rings is 1. The Morgan fingerprint density at radius 1 is 1.11 bits per heavy atom. The monoisotopic (exact) mass is 622 g/mol. The number of carbonyl (C=O) groups is 1. The van der Waals surface area contributed by atoms with Gasteiger partial charge in [0, 0.05) is 28.7 Å². The van der Waals surface area contributed by atoms with Crippen molar-refractivity contribution in [2.24, 2.45) is 5.41 Å². The number of halogens is 4. The molecule has 1 saturated carbocycles. The molecule has 0 spiro atoms. The lowest BCUT2D eigenvalue weighted by Crippen LogP contribution is -2.34. The maximum absolute atomic E-state index is 15.3. The first-order valence-electron chi connectivity index (χ1n) is 14.7. The lowest BCUT2D eigenvalue weighted by molar-refractivity contribution is 0.0696. The fourth-order valence-corrected chi connectivity index (χ4v) is 6.54. The summed E-state index contributed by atoms with van der Waals surface area (Å²) in [4.78, 5) is 22.9. The van der Waals surface area contributed by atoms with E-state index in [0.29, 0.717) is 35.6 Å². The summed E-state index contributed by atoms with van der Waals surface area (Å²) in [6, 6.07) is 11.3. The van der Waals surface area contributed by atoms with Gasteiger partial charge in [0.1, 0.15) is 29.3 Å². The number of aromatic nitrogens is 3. The zero-order chi connectivity index (χ0) is 30.6. The van der Waals surface area contributed by atoms with Crippen LogP contribution >= 0.6 is 11.6 Å². The molecule has 1 saturated heterocycles. The Balaban J connectivity index is 1.10. The van der Waals surface area contributed by atoms with Gasteiger partial charge in [0.05, 0.1) is 29.9 Å². The maximum atomic E-state index is 15.3. The van der Waals surface area contributed by atoms with E-state index in [2.05, 4.69) is 9.88 Å². The van der Waals surface area contributed by atoms with Crippen molar-refractivity contribution in [3.05, 3.63) is 93.7 Å². The van der Waals surface area contributed by atoms with E-state index >= 15 is 4.39 Å². The van der Waals surface area contributed by atoms with Crippen molar-refractivity contribution in [2.45, 2.75) is 50.8 Å². The first-order chi connectivity index (χ1) is 21.2. The minimum absolute atomic E-state index is 0.0665. The van der Waals surface area contributed by atoms with Gasteiger partial charge in [-0.3, -0.25) is 9.29 Å². The molecule has 0 radical (unpaired) electrons. The van der Waals surface area contributed by atoms with Gasteiger partial charge < -0.3 is 14.4 Å². The van der Waals surface area contributed by atoms with Gasteiger partial charge >= 0.3 is 5.97 Å². The molecule has 2 aliphatic heterocycles. The standard InChI is InChI=1S/C33H30ClF3N4O3/c34-21-4-5-23(25(36)13-21)28-14-26(37)24-3-1-2-22(30(24)44-28)19-6-10-40(11-7-19)16-29-39-31-27(12-20(15-38-31)32(42)43)41(29)18-33(17-35)8-9-33/h1-5,12-15,19,28H,6-11,16-18H2,(H,42,43)/t28-/m1/s1. The van der Waals surface area contributed by atoms with E-state index in [-0.39, 0.29) is 22.1 Å². The van der Waals surface area contributed by atoms with E-state index < -0.39 is 35.8 Å². The van der Waals surface area contributed by atoms with Crippen LogP contribution in [-0.4, -0.2) is 50.3 Å². The van der Waals surface area contributed by atoms with Gasteiger partial charge in [0.15, 0.2) is 5.65 Å². The van der Waals surface area contributed by atoms with Gasteiger partial charge in [-0.25, -0.2) is 23.5 Å². The van der Waals surface area contributed by atoms with Crippen molar-refractivity contribution in [2.75, 3.05) is 19.8 Å². The van der Waals surface area contributed by atoms with Crippen LogP contribution < -0.4 is 4.74 Å². The first kappa shape index (κ1) is 28.9. The summed E-state index contributed by atoms with van der Waals surface area (Å²) in [7, 11) is 0. The Morgan fingerprint density at radius 2 is 1.91 bits per heavy atom. The average molecular weight is 623 g/mol. The summed E-state index contributed by atoms with van der Waals surface area (Å²) in [5, 5.41) is 9.76. The van der Waals surface area contributed by atoms with Gasteiger partial charge in [-0.05, 0) is 80.6 Å². The Morgan fingerprint density at radius 3 is 2.61 bits per heavy atom. The molecule has 7 nitrogen and oxygen atoms in total. The van der Waals surface area contributed by atoms with Gasteiger partial charge in [0.25, 0.3) is 0 Å². The Hall–Kier alpha value is -3.89. The van der Waals surface area contributed by atoms with Crippen LogP contribution in [0.4, 0.5) is 13.2 Å². The molecule has 0 unspecified atom stereocenters. The number of alkyl halides is 1. The molecule has 2 aromatic heterocycles. The van der Waals surface area contributed by atoms with Crippen molar-refractivity contribution in [3.63, 3.8) is 0 Å². The molecule has 7 rings (SSSR count). The molecule has 1 aliphatic carbocycles. The number of nitrogens with zero attached hydrogens (tertiary/aromatic N) is 4. The number of carboxylic acid groups (broad SMARTS) is 1. The first-order valence-corrected chi connectivity index (χ1v) is 15.1. The van der Waals surface area contributed by atoms with Crippen LogP contribution in [0.3, 0.4) is 0 Å². The molecule has 228 valence electrons. The van der Waals surface area contributed by atoms with E-state index in [1.807, 2.05) is 16.7 Å². The molecule has 3 aliphatic rings. The largest absolute Gasteiger partial charge is 0.480 e. The number of fused-ring (bicyclic) bond motifs is 2. The molecule has 4 aromatic rings. The van der Waals surface area contributed by atoms with Crippen LogP contribution in [0.1, 0.15) is 70.6 Å². The second-order valence-electron chi connectivity index (χ2n) is 12.1. The van der Waals surface area contributed by atoms with Crippen LogP contribution in [0.2, 0.25) is 5.02 Å². The van der Waals surface area contributed by atoms with Crippen LogP contribution in [0.25, 0.3) is 17.0 Å². The smallest absolute Gasteiger partial charge is 0.337 e. The number of ether oxygens (including phenoxy) is 1. The number of aromatic carboxylic acids is 1. The predicted molar refractivity (Wildman–Crippen MR) is 160 cm³/mol. The van der Waals surface area contributed by atoms with Crippen LogP contribution in [-0.2, 0) is 13.1 Å². The third-order valence-electron chi connectivity index (χ3n) is 9.17. The fourth-order valence-electron chi connectivity index (χ4n) is 6.38. The van der Waals surface area contributed by atoms with Gasteiger partial charge in [-0.1, -0.05) is 29.8 Å². The van der Waals surface area contributed by atoms with Crippen LogP contribution in [0, 0.1) is 11.2 Å². The van der Waals surface area contributed by atoms with Crippen molar-refractivity contribution in [3.8, 4) is 5.75 Å². The molecule has 0 bridgehead atoms. The fraction of sp³-hybridized carbons (Fsp3) is 0.364. The Kier molecular flexibility index (Phi) is 7.37. The molecule has 0 amide bonds. The van der Waals surface area contributed by atoms with E-state index in [1.54, 1.807) is 18.2 Å². The van der Waals surface area contributed by atoms with Crippen LogP contribution in [0.15, 0.2) is 54.7 Å². The summed E-state index contributed by atoms with van der Waals surface area (Å²) < 4.78 is 52.1. The van der Waals surface area contributed by atoms with Gasteiger partial charge in [0.2, 0.25) is 0 Å². The van der Waals surface area contributed by atoms with E-state index in [1.165, 1.54) is 24.4 Å². The minimum Gasteiger partial charge on any atom is -0.480 e. The third-order valence-corrected chi connectivity index (χ3v) is 9.41. The second kappa shape index (κ2) is 11.2. The molecule has 1 atom stereocenters. The second-order valence-corrected chi connectivity index (χ2v) is 12.5.